The third-order valence-corrected chi connectivity index (χ3v) is 6.34. The third kappa shape index (κ3) is 2.53. The molecular weight excluding hydrogens is 250 g/mol. The SMILES string of the molecule is CCC1(C(NC)C2CCOC3(CCOC3)C2)CCCC1. The summed E-state index contributed by atoms with van der Waals surface area (Å²) in [5.74, 6) is 0.758. The highest BCUT2D eigenvalue weighted by Gasteiger charge is 2.48. The summed E-state index contributed by atoms with van der Waals surface area (Å²) in [7, 11) is 2.17. The van der Waals surface area contributed by atoms with Crippen molar-refractivity contribution < 1.29 is 9.47 Å². The Bertz CT molecular complexity index is 319. The van der Waals surface area contributed by atoms with Gasteiger partial charge in [-0.05, 0) is 50.5 Å². The molecule has 3 atom stereocenters. The van der Waals surface area contributed by atoms with E-state index in [0.717, 1.165) is 32.2 Å². The average molecular weight is 281 g/mol. The van der Waals surface area contributed by atoms with E-state index in [4.69, 9.17) is 9.47 Å². The lowest BCUT2D eigenvalue weighted by atomic mass is 9.67. The molecule has 2 heterocycles. The van der Waals surface area contributed by atoms with Gasteiger partial charge in [0.2, 0.25) is 0 Å². The van der Waals surface area contributed by atoms with Crippen molar-refractivity contribution in [3.05, 3.63) is 0 Å². The van der Waals surface area contributed by atoms with Crippen molar-refractivity contribution in [2.75, 3.05) is 26.9 Å². The minimum Gasteiger partial charge on any atom is -0.378 e. The van der Waals surface area contributed by atoms with Gasteiger partial charge in [0.25, 0.3) is 0 Å². The average Bonchev–Trinajstić information content (AvgIpc) is 3.11. The first-order valence-corrected chi connectivity index (χ1v) is 8.63. The second-order valence-electron chi connectivity index (χ2n) is 7.28. The van der Waals surface area contributed by atoms with Gasteiger partial charge in [-0.25, -0.2) is 0 Å². The molecule has 3 nitrogen and oxygen atoms in total. The molecule has 0 aromatic heterocycles. The maximum absolute atomic E-state index is 6.13. The molecule has 3 unspecified atom stereocenters. The number of rotatable bonds is 4. The Morgan fingerprint density at radius 1 is 1.20 bits per heavy atom. The largest absolute Gasteiger partial charge is 0.378 e. The highest BCUT2D eigenvalue weighted by Crippen LogP contribution is 2.49. The van der Waals surface area contributed by atoms with Crippen LogP contribution in [0.25, 0.3) is 0 Å². The van der Waals surface area contributed by atoms with Gasteiger partial charge in [-0.15, -0.1) is 0 Å². The summed E-state index contributed by atoms with van der Waals surface area (Å²) in [6, 6.07) is 0.663. The van der Waals surface area contributed by atoms with Gasteiger partial charge in [0.05, 0.1) is 12.2 Å². The smallest absolute Gasteiger partial charge is 0.0939 e. The van der Waals surface area contributed by atoms with E-state index in [1.165, 1.54) is 44.9 Å². The molecule has 1 N–H and O–H groups in total. The minimum absolute atomic E-state index is 0.0472. The van der Waals surface area contributed by atoms with Crippen molar-refractivity contribution >= 4 is 0 Å². The third-order valence-electron chi connectivity index (χ3n) is 6.34. The Kier molecular flexibility index (Phi) is 4.40. The second-order valence-corrected chi connectivity index (χ2v) is 7.28. The Hall–Kier alpha value is -0.120. The standard InChI is InChI=1S/C17H31NO2/c1-3-16(7-4-5-8-16)15(18-2)14-6-10-20-17(12-14)9-11-19-13-17/h14-15,18H,3-13H2,1-2H3. The number of hydrogen-bond acceptors (Lipinski definition) is 3. The van der Waals surface area contributed by atoms with Crippen molar-refractivity contribution in [1.82, 2.24) is 5.32 Å². The molecule has 20 heavy (non-hydrogen) atoms. The normalized spacial score (nSPS) is 38.4. The Morgan fingerprint density at radius 2 is 2.00 bits per heavy atom. The van der Waals surface area contributed by atoms with Crippen LogP contribution in [0.1, 0.15) is 58.3 Å². The van der Waals surface area contributed by atoms with Crippen LogP contribution in [-0.2, 0) is 9.47 Å². The van der Waals surface area contributed by atoms with Crippen LogP contribution >= 0.6 is 0 Å². The van der Waals surface area contributed by atoms with Crippen LogP contribution in [0.2, 0.25) is 0 Å². The zero-order valence-electron chi connectivity index (χ0n) is 13.2. The van der Waals surface area contributed by atoms with Gasteiger partial charge in [-0.1, -0.05) is 19.8 Å². The van der Waals surface area contributed by atoms with E-state index < -0.39 is 0 Å². The minimum atomic E-state index is 0.0472. The lowest BCUT2D eigenvalue weighted by Crippen LogP contribution is -2.52. The summed E-state index contributed by atoms with van der Waals surface area (Å²) in [6.45, 7) is 5.02. The maximum atomic E-state index is 6.13. The first-order valence-electron chi connectivity index (χ1n) is 8.63. The summed E-state index contributed by atoms with van der Waals surface area (Å²) in [6.07, 6.45) is 10.5. The van der Waals surface area contributed by atoms with Gasteiger partial charge < -0.3 is 14.8 Å². The molecule has 3 heteroatoms. The fourth-order valence-corrected chi connectivity index (χ4v) is 5.22. The molecule has 3 fully saturated rings. The zero-order chi connectivity index (χ0) is 14.1. The van der Waals surface area contributed by atoms with Crippen LogP contribution in [0.5, 0.6) is 0 Å². The van der Waals surface area contributed by atoms with Crippen molar-refractivity contribution in [3.63, 3.8) is 0 Å². The van der Waals surface area contributed by atoms with Crippen molar-refractivity contribution in [3.8, 4) is 0 Å². The summed E-state index contributed by atoms with van der Waals surface area (Å²) in [4.78, 5) is 0. The van der Waals surface area contributed by atoms with Crippen LogP contribution in [0.4, 0.5) is 0 Å². The Labute approximate surface area is 123 Å². The highest BCUT2D eigenvalue weighted by atomic mass is 16.6. The van der Waals surface area contributed by atoms with Gasteiger partial charge in [0, 0.05) is 25.7 Å². The molecule has 2 saturated heterocycles. The fraction of sp³-hybridized carbons (Fsp3) is 1.00. The molecule has 0 aromatic carbocycles. The molecular formula is C17H31NO2. The van der Waals surface area contributed by atoms with E-state index in [2.05, 4.69) is 19.3 Å². The molecule has 116 valence electrons. The van der Waals surface area contributed by atoms with E-state index in [1.54, 1.807) is 0 Å². The van der Waals surface area contributed by atoms with Crippen LogP contribution in [0.15, 0.2) is 0 Å². The number of nitrogens with one attached hydrogen (secondary N) is 1. The Balaban J connectivity index is 1.75. The van der Waals surface area contributed by atoms with E-state index in [0.29, 0.717) is 11.5 Å². The summed E-state index contributed by atoms with van der Waals surface area (Å²) in [5.41, 5.74) is 0.586. The highest BCUT2D eigenvalue weighted by molar-refractivity contribution is 5.01. The monoisotopic (exact) mass is 281 g/mol. The number of hydrogen-bond donors (Lipinski definition) is 1. The van der Waals surface area contributed by atoms with Gasteiger partial charge in [0.15, 0.2) is 0 Å². The molecule has 1 aliphatic carbocycles. The summed E-state index contributed by atoms with van der Waals surface area (Å²) in [5, 5.41) is 3.72. The van der Waals surface area contributed by atoms with Crippen molar-refractivity contribution in [2.45, 2.75) is 69.9 Å². The summed E-state index contributed by atoms with van der Waals surface area (Å²) >= 11 is 0. The predicted octanol–water partition coefficient (Wildman–Crippen LogP) is 3.13. The zero-order valence-corrected chi connectivity index (χ0v) is 13.2. The predicted molar refractivity (Wildman–Crippen MR) is 80.9 cm³/mol. The number of ether oxygens (including phenoxy) is 2. The lowest BCUT2D eigenvalue weighted by Gasteiger charge is -2.47. The Morgan fingerprint density at radius 3 is 2.60 bits per heavy atom. The van der Waals surface area contributed by atoms with E-state index >= 15 is 0 Å². The maximum Gasteiger partial charge on any atom is 0.0939 e. The van der Waals surface area contributed by atoms with E-state index in [-0.39, 0.29) is 5.60 Å². The molecule has 0 aromatic rings. The molecule has 2 aliphatic heterocycles. The van der Waals surface area contributed by atoms with E-state index in [1.807, 2.05) is 0 Å². The summed E-state index contributed by atoms with van der Waals surface area (Å²) < 4.78 is 11.8. The fourth-order valence-electron chi connectivity index (χ4n) is 5.22. The van der Waals surface area contributed by atoms with Gasteiger partial charge in [0.1, 0.15) is 0 Å². The lowest BCUT2D eigenvalue weighted by molar-refractivity contribution is -0.110. The van der Waals surface area contributed by atoms with Gasteiger partial charge >= 0.3 is 0 Å². The first kappa shape index (κ1) is 14.8. The first-order chi connectivity index (χ1) is 9.74. The molecule has 1 saturated carbocycles. The molecule has 0 amide bonds. The van der Waals surface area contributed by atoms with Crippen LogP contribution < -0.4 is 5.32 Å². The molecule has 3 aliphatic rings. The molecule has 0 bridgehead atoms. The topological polar surface area (TPSA) is 30.5 Å². The van der Waals surface area contributed by atoms with Crippen LogP contribution in [0.3, 0.4) is 0 Å². The van der Waals surface area contributed by atoms with Gasteiger partial charge in [-0.2, -0.15) is 0 Å². The van der Waals surface area contributed by atoms with Crippen molar-refractivity contribution in [1.29, 1.82) is 0 Å². The second kappa shape index (κ2) is 5.94. The van der Waals surface area contributed by atoms with E-state index in [9.17, 15) is 0 Å². The van der Waals surface area contributed by atoms with Crippen LogP contribution in [0, 0.1) is 11.3 Å². The van der Waals surface area contributed by atoms with Crippen LogP contribution in [-0.4, -0.2) is 38.5 Å². The molecule has 1 spiro atoms. The molecule has 3 rings (SSSR count). The van der Waals surface area contributed by atoms with Crippen molar-refractivity contribution in [2.24, 2.45) is 11.3 Å². The van der Waals surface area contributed by atoms with Gasteiger partial charge in [-0.3, -0.25) is 0 Å². The molecule has 0 radical (unpaired) electrons. The quantitative estimate of drug-likeness (QED) is 0.859.